The monoisotopic (exact) mass is 371 g/mol. The molecular formula is C17H10BrNO2S. The minimum absolute atomic E-state index is 0.136. The molecule has 0 spiro atoms. The molecule has 4 rings (SSSR count). The summed E-state index contributed by atoms with van der Waals surface area (Å²) < 4.78 is 6.84. The van der Waals surface area contributed by atoms with Crippen LogP contribution in [-0.2, 0) is 0 Å². The Morgan fingerprint density at radius 1 is 1.00 bits per heavy atom. The van der Waals surface area contributed by atoms with Gasteiger partial charge in [0, 0.05) is 10.8 Å². The first-order chi connectivity index (χ1) is 10.7. The van der Waals surface area contributed by atoms with Crippen LogP contribution in [0.3, 0.4) is 0 Å². The third kappa shape index (κ3) is 2.23. The van der Waals surface area contributed by atoms with Crippen LogP contribution in [0, 0.1) is 0 Å². The standard InChI is InChI=1S/C17H10BrNO2S/c18-15-9-8-14(22-15)17(20)19-12-6-3-5-11-10-4-1-2-7-13(10)21-16(11)12/h1-9H,(H,19,20). The molecule has 2 aromatic carbocycles. The molecule has 0 atom stereocenters. The lowest BCUT2D eigenvalue weighted by molar-refractivity contribution is 0.103. The van der Waals surface area contributed by atoms with Crippen molar-refractivity contribution in [2.75, 3.05) is 5.32 Å². The van der Waals surface area contributed by atoms with Gasteiger partial charge in [0.25, 0.3) is 5.91 Å². The number of fused-ring (bicyclic) bond motifs is 3. The Labute approximate surface area is 138 Å². The zero-order chi connectivity index (χ0) is 15.1. The Morgan fingerprint density at radius 2 is 1.82 bits per heavy atom. The number of hydrogen-bond donors (Lipinski definition) is 1. The van der Waals surface area contributed by atoms with Gasteiger partial charge in [-0.15, -0.1) is 11.3 Å². The first-order valence-corrected chi connectivity index (χ1v) is 8.30. The highest BCUT2D eigenvalue weighted by atomic mass is 79.9. The van der Waals surface area contributed by atoms with E-state index in [2.05, 4.69) is 21.2 Å². The van der Waals surface area contributed by atoms with Crippen LogP contribution in [0.1, 0.15) is 9.67 Å². The van der Waals surface area contributed by atoms with E-state index >= 15 is 0 Å². The van der Waals surface area contributed by atoms with E-state index in [9.17, 15) is 4.79 Å². The van der Waals surface area contributed by atoms with Gasteiger partial charge in [-0.05, 0) is 40.2 Å². The Bertz CT molecular complexity index is 1000. The summed E-state index contributed by atoms with van der Waals surface area (Å²) in [6.07, 6.45) is 0. The Balaban J connectivity index is 1.80. The number of furan rings is 1. The summed E-state index contributed by atoms with van der Waals surface area (Å²) in [6, 6.07) is 17.3. The van der Waals surface area contributed by atoms with Crippen molar-refractivity contribution in [2.45, 2.75) is 0 Å². The summed E-state index contributed by atoms with van der Waals surface area (Å²) >= 11 is 4.77. The Hall–Kier alpha value is -2.11. The summed E-state index contributed by atoms with van der Waals surface area (Å²) in [5.74, 6) is -0.136. The van der Waals surface area contributed by atoms with Gasteiger partial charge in [-0.25, -0.2) is 0 Å². The van der Waals surface area contributed by atoms with E-state index in [-0.39, 0.29) is 5.91 Å². The maximum atomic E-state index is 12.3. The second-order valence-corrected chi connectivity index (χ2v) is 7.30. The smallest absolute Gasteiger partial charge is 0.265 e. The minimum Gasteiger partial charge on any atom is -0.454 e. The number of carbonyl (C=O) groups is 1. The molecule has 0 saturated carbocycles. The number of benzene rings is 2. The largest absolute Gasteiger partial charge is 0.454 e. The van der Waals surface area contributed by atoms with Crippen LogP contribution in [-0.4, -0.2) is 5.91 Å². The number of nitrogens with one attached hydrogen (secondary N) is 1. The van der Waals surface area contributed by atoms with Crippen LogP contribution in [0.4, 0.5) is 5.69 Å². The van der Waals surface area contributed by atoms with Crippen molar-refractivity contribution in [3.8, 4) is 0 Å². The van der Waals surface area contributed by atoms with Crippen molar-refractivity contribution in [3.63, 3.8) is 0 Å². The number of rotatable bonds is 2. The van der Waals surface area contributed by atoms with Crippen LogP contribution in [0.2, 0.25) is 0 Å². The average molecular weight is 372 g/mol. The van der Waals surface area contributed by atoms with Gasteiger partial charge in [-0.1, -0.05) is 30.3 Å². The summed E-state index contributed by atoms with van der Waals surface area (Å²) in [5, 5.41) is 4.98. The second kappa shape index (κ2) is 5.26. The third-order valence-corrected chi connectivity index (χ3v) is 5.07. The highest BCUT2D eigenvalue weighted by molar-refractivity contribution is 9.11. The molecule has 0 aliphatic carbocycles. The van der Waals surface area contributed by atoms with Gasteiger partial charge in [0.1, 0.15) is 5.58 Å². The molecule has 0 aliphatic rings. The van der Waals surface area contributed by atoms with Gasteiger partial charge >= 0.3 is 0 Å². The summed E-state index contributed by atoms with van der Waals surface area (Å²) in [5.41, 5.74) is 2.20. The number of halogens is 1. The lowest BCUT2D eigenvalue weighted by Crippen LogP contribution is -2.10. The van der Waals surface area contributed by atoms with Gasteiger partial charge in [-0.3, -0.25) is 4.79 Å². The van der Waals surface area contributed by atoms with Crippen LogP contribution in [0.15, 0.2) is 62.8 Å². The average Bonchev–Trinajstić information content (AvgIpc) is 3.12. The molecule has 22 heavy (non-hydrogen) atoms. The number of thiophene rings is 1. The van der Waals surface area contributed by atoms with Gasteiger partial charge in [0.2, 0.25) is 0 Å². The van der Waals surface area contributed by atoms with Crippen molar-refractivity contribution in [3.05, 3.63) is 63.3 Å². The topological polar surface area (TPSA) is 42.2 Å². The van der Waals surface area contributed by atoms with Crippen molar-refractivity contribution in [1.29, 1.82) is 0 Å². The Kier molecular flexibility index (Phi) is 3.24. The van der Waals surface area contributed by atoms with Gasteiger partial charge < -0.3 is 9.73 Å². The summed E-state index contributed by atoms with van der Waals surface area (Å²) in [4.78, 5) is 13.0. The van der Waals surface area contributed by atoms with Crippen LogP contribution in [0.5, 0.6) is 0 Å². The van der Waals surface area contributed by atoms with E-state index < -0.39 is 0 Å². The van der Waals surface area contributed by atoms with Crippen molar-refractivity contribution in [2.24, 2.45) is 0 Å². The molecule has 0 saturated heterocycles. The molecule has 0 unspecified atom stereocenters. The second-order valence-electron chi connectivity index (χ2n) is 4.84. The lowest BCUT2D eigenvalue weighted by atomic mass is 10.1. The molecule has 0 fully saturated rings. The molecule has 108 valence electrons. The molecule has 1 N–H and O–H groups in total. The summed E-state index contributed by atoms with van der Waals surface area (Å²) in [7, 11) is 0. The third-order valence-electron chi connectivity index (χ3n) is 3.45. The van der Waals surface area contributed by atoms with Gasteiger partial charge in [-0.2, -0.15) is 0 Å². The maximum absolute atomic E-state index is 12.3. The van der Waals surface area contributed by atoms with Crippen LogP contribution < -0.4 is 5.32 Å². The predicted molar refractivity (Wildman–Crippen MR) is 93.7 cm³/mol. The molecule has 0 bridgehead atoms. The Morgan fingerprint density at radius 3 is 2.64 bits per heavy atom. The molecule has 2 heterocycles. The minimum atomic E-state index is -0.136. The number of para-hydroxylation sites is 2. The highest BCUT2D eigenvalue weighted by Crippen LogP contribution is 2.33. The number of amides is 1. The predicted octanol–water partition coefficient (Wildman–Crippen LogP) is 5.66. The van der Waals surface area contributed by atoms with E-state index in [1.165, 1.54) is 11.3 Å². The lowest BCUT2D eigenvalue weighted by Gasteiger charge is -2.03. The fourth-order valence-corrected chi connectivity index (χ4v) is 3.75. The molecule has 3 nitrogen and oxygen atoms in total. The fraction of sp³-hybridized carbons (Fsp3) is 0. The quantitative estimate of drug-likeness (QED) is 0.493. The van der Waals surface area contributed by atoms with E-state index in [4.69, 9.17) is 4.42 Å². The van der Waals surface area contributed by atoms with E-state index in [0.29, 0.717) is 16.1 Å². The van der Waals surface area contributed by atoms with E-state index in [1.54, 1.807) is 6.07 Å². The summed E-state index contributed by atoms with van der Waals surface area (Å²) in [6.45, 7) is 0. The highest BCUT2D eigenvalue weighted by Gasteiger charge is 2.14. The number of carbonyl (C=O) groups excluding carboxylic acids is 1. The van der Waals surface area contributed by atoms with Gasteiger partial charge in [0.15, 0.2) is 5.58 Å². The zero-order valence-electron chi connectivity index (χ0n) is 11.3. The van der Waals surface area contributed by atoms with Crippen molar-refractivity contribution in [1.82, 2.24) is 0 Å². The molecular weight excluding hydrogens is 362 g/mol. The normalized spacial score (nSPS) is 11.1. The molecule has 4 aromatic rings. The SMILES string of the molecule is O=C(Nc1cccc2c1oc1ccccc12)c1ccc(Br)s1. The van der Waals surface area contributed by atoms with E-state index in [1.807, 2.05) is 48.5 Å². The zero-order valence-corrected chi connectivity index (χ0v) is 13.7. The number of hydrogen-bond acceptors (Lipinski definition) is 3. The fourth-order valence-electron chi connectivity index (χ4n) is 2.47. The van der Waals surface area contributed by atoms with E-state index in [0.717, 1.165) is 20.1 Å². The maximum Gasteiger partial charge on any atom is 0.265 e. The van der Waals surface area contributed by atoms with Gasteiger partial charge in [0.05, 0.1) is 14.4 Å². The number of anilines is 1. The molecule has 0 radical (unpaired) electrons. The van der Waals surface area contributed by atoms with Crippen LogP contribution in [0.25, 0.3) is 21.9 Å². The molecule has 2 aromatic heterocycles. The van der Waals surface area contributed by atoms with Crippen molar-refractivity contribution < 1.29 is 9.21 Å². The first-order valence-electron chi connectivity index (χ1n) is 6.69. The first kappa shape index (κ1) is 13.5. The molecule has 0 aliphatic heterocycles. The van der Waals surface area contributed by atoms with Crippen molar-refractivity contribution >= 4 is 60.8 Å². The van der Waals surface area contributed by atoms with Crippen LogP contribution >= 0.6 is 27.3 Å². The molecule has 5 heteroatoms. The molecule has 1 amide bonds.